The highest BCUT2D eigenvalue weighted by Crippen LogP contribution is 2.13. The van der Waals surface area contributed by atoms with Crippen molar-refractivity contribution in [2.24, 2.45) is 5.73 Å². The van der Waals surface area contributed by atoms with Gasteiger partial charge in [-0.05, 0) is 35.9 Å². The molecule has 0 radical (unpaired) electrons. The van der Waals surface area contributed by atoms with Crippen LogP contribution in [-0.2, 0) is 11.3 Å². The number of benzene rings is 2. The molecule has 0 saturated carbocycles. The highest BCUT2D eigenvalue weighted by molar-refractivity contribution is 5.91. The minimum Gasteiger partial charge on any atom is -0.484 e. The van der Waals surface area contributed by atoms with Gasteiger partial charge in [0.1, 0.15) is 11.6 Å². The van der Waals surface area contributed by atoms with Crippen LogP contribution in [0.2, 0.25) is 0 Å². The van der Waals surface area contributed by atoms with E-state index in [4.69, 9.17) is 10.5 Å². The predicted octanol–water partition coefficient (Wildman–Crippen LogP) is 2.30. The normalized spacial score (nSPS) is 10.1. The summed E-state index contributed by atoms with van der Waals surface area (Å²) in [6.45, 7) is 0.261. The van der Waals surface area contributed by atoms with Crippen molar-refractivity contribution in [3.05, 3.63) is 59.9 Å². The third-order valence-corrected chi connectivity index (χ3v) is 2.61. The molecular formula is C15H15FN2O2. The van der Waals surface area contributed by atoms with Crippen LogP contribution >= 0.6 is 0 Å². The first kappa shape index (κ1) is 14.0. The lowest BCUT2D eigenvalue weighted by Crippen LogP contribution is -2.20. The van der Waals surface area contributed by atoms with E-state index in [0.29, 0.717) is 18.0 Å². The van der Waals surface area contributed by atoms with Crippen LogP contribution in [0.3, 0.4) is 0 Å². The third kappa shape index (κ3) is 4.07. The summed E-state index contributed by atoms with van der Waals surface area (Å²) >= 11 is 0. The Morgan fingerprint density at radius 2 is 2.00 bits per heavy atom. The van der Waals surface area contributed by atoms with E-state index in [1.165, 1.54) is 18.2 Å². The third-order valence-electron chi connectivity index (χ3n) is 2.61. The summed E-state index contributed by atoms with van der Waals surface area (Å²) in [6.07, 6.45) is 0. The lowest BCUT2D eigenvalue weighted by Gasteiger charge is -2.08. The van der Waals surface area contributed by atoms with E-state index in [2.05, 4.69) is 5.32 Å². The largest absolute Gasteiger partial charge is 0.484 e. The second kappa shape index (κ2) is 6.68. The summed E-state index contributed by atoms with van der Waals surface area (Å²) in [6, 6.07) is 12.9. The van der Waals surface area contributed by atoms with Gasteiger partial charge < -0.3 is 15.8 Å². The van der Waals surface area contributed by atoms with Gasteiger partial charge in [0.2, 0.25) is 0 Å². The quantitative estimate of drug-likeness (QED) is 0.879. The van der Waals surface area contributed by atoms with Gasteiger partial charge >= 0.3 is 0 Å². The minimum atomic E-state index is -0.403. The first-order chi connectivity index (χ1) is 9.67. The number of rotatable bonds is 5. The molecule has 2 aromatic rings. The SMILES string of the molecule is NCc1cccc(OCC(=O)Nc2cccc(F)c2)c1. The van der Waals surface area contributed by atoms with Crippen LogP contribution in [0, 0.1) is 5.82 Å². The summed E-state index contributed by atoms with van der Waals surface area (Å²) < 4.78 is 18.3. The summed E-state index contributed by atoms with van der Waals surface area (Å²) in [5.41, 5.74) is 6.84. The van der Waals surface area contributed by atoms with Gasteiger partial charge in [0.25, 0.3) is 5.91 Å². The van der Waals surface area contributed by atoms with Gasteiger partial charge in [-0.2, -0.15) is 0 Å². The maximum atomic E-state index is 13.0. The number of carbonyl (C=O) groups is 1. The van der Waals surface area contributed by atoms with Crippen LogP contribution in [0.1, 0.15) is 5.56 Å². The summed E-state index contributed by atoms with van der Waals surface area (Å²) in [5, 5.41) is 2.55. The van der Waals surface area contributed by atoms with Gasteiger partial charge in [-0.1, -0.05) is 18.2 Å². The topological polar surface area (TPSA) is 64.3 Å². The number of nitrogens with two attached hydrogens (primary N) is 1. The zero-order valence-electron chi connectivity index (χ0n) is 10.8. The van der Waals surface area contributed by atoms with Crippen LogP contribution in [0.25, 0.3) is 0 Å². The number of carbonyl (C=O) groups excluding carboxylic acids is 1. The zero-order chi connectivity index (χ0) is 14.4. The number of ether oxygens (including phenoxy) is 1. The van der Waals surface area contributed by atoms with E-state index >= 15 is 0 Å². The van der Waals surface area contributed by atoms with Crippen molar-refractivity contribution < 1.29 is 13.9 Å². The van der Waals surface area contributed by atoms with Gasteiger partial charge in [-0.3, -0.25) is 4.79 Å². The smallest absolute Gasteiger partial charge is 0.262 e. The lowest BCUT2D eigenvalue weighted by atomic mass is 10.2. The Kier molecular flexibility index (Phi) is 4.68. The predicted molar refractivity (Wildman–Crippen MR) is 74.9 cm³/mol. The molecule has 0 bridgehead atoms. The molecule has 0 saturated heterocycles. The molecule has 5 heteroatoms. The van der Waals surface area contributed by atoms with Crippen molar-refractivity contribution in [2.75, 3.05) is 11.9 Å². The zero-order valence-corrected chi connectivity index (χ0v) is 10.8. The highest BCUT2D eigenvalue weighted by Gasteiger charge is 2.04. The van der Waals surface area contributed by atoms with Crippen LogP contribution < -0.4 is 15.8 Å². The van der Waals surface area contributed by atoms with Crippen molar-refractivity contribution >= 4 is 11.6 Å². The van der Waals surface area contributed by atoms with Crippen molar-refractivity contribution in [1.82, 2.24) is 0 Å². The van der Waals surface area contributed by atoms with Crippen molar-refractivity contribution in [1.29, 1.82) is 0 Å². The monoisotopic (exact) mass is 274 g/mol. The molecule has 20 heavy (non-hydrogen) atoms. The Labute approximate surface area is 116 Å². The van der Waals surface area contributed by atoms with Crippen molar-refractivity contribution in [3.8, 4) is 5.75 Å². The molecule has 0 aliphatic carbocycles. The summed E-state index contributed by atoms with van der Waals surface area (Å²) in [4.78, 5) is 11.7. The minimum absolute atomic E-state index is 0.148. The average molecular weight is 274 g/mol. The Morgan fingerprint density at radius 1 is 1.20 bits per heavy atom. The number of hydrogen-bond donors (Lipinski definition) is 2. The first-order valence-corrected chi connectivity index (χ1v) is 6.14. The fourth-order valence-corrected chi connectivity index (χ4v) is 1.67. The van der Waals surface area contributed by atoms with Crippen LogP contribution in [0.4, 0.5) is 10.1 Å². The van der Waals surface area contributed by atoms with Gasteiger partial charge in [-0.15, -0.1) is 0 Å². The number of nitrogens with one attached hydrogen (secondary N) is 1. The molecule has 0 unspecified atom stereocenters. The van der Waals surface area contributed by atoms with Gasteiger partial charge in [0.05, 0.1) is 0 Å². The molecule has 0 aliphatic rings. The Balaban J connectivity index is 1.88. The number of halogens is 1. The summed E-state index contributed by atoms with van der Waals surface area (Å²) in [5.74, 6) is -0.185. The van der Waals surface area contributed by atoms with Crippen LogP contribution in [0.15, 0.2) is 48.5 Å². The fourth-order valence-electron chi connectivity index (χ4n) is 1.67. The Morgan fingerprint density at radius 3 is 2.75 bits per heavy atom. The van der Waals surface area contributed by atoms with Gasteiger partial charge in [0.15, 0.2) is 6.61 Å². The van der Waals surface area contributed by atoms with Crippen LogP contribution in [-0.4, -0.2) is 12.5 Å². The molecule has 0 aliphatic heterocycles. The van der Waals surface area contributed by atoms with E-state index in [0.717, 1.165) is 5.56 Å². The highest BCUT2D eigenvalue weighted by atomic mass is 19.1. The van der Waals surface area contributed by atoms with Gasteiger partial charge in [0, 0.05) is 12.2 Å². The molecular weight excluding hydrogens is 259 g/mol. The number of amides is 1. The molecule has 0 heterocycles. The Hall–Kier alpha value is -2.40. The van der Waals surface area contributed by atoms with E-state index in [1.807, 2.05) is 12.1 Å². The lowest BCUT2D eigenvalue weighted by molar-refractivity contribution is -0.118. The molecule has 0 fully saturated rings. The second-order valence-electron chi connectivity index (χ2n) is 4.20. The standard InChI is InChI=1S/C15H15FN2O2/c16-12-4-2-5-13(8-12)18-15(19)10-20-14-6-1-3-11(7-14)9-17/h1-8H,9-10,17H2,(H,18,19). The average Bonchev–Trinajstić information content (AvgIpc) is 2.45. The van der Waals surface area contributed by atoms with Crippen LogP contribution in [0.5, 0.6) is 5.75 Å². The Bertz CT molecular complexity index is 602. The first-order valence-electron chi connectivity index (χ1n) is 6.14. The molecule has 2 aromatic carbocycles. The summed E-state index contributed by atoms with van der Waals surface area (Å²) in [7, 11) is 0. The molecule has 0 atom stereocenters. The molecule has 3 N–H and O–H groups in total. The van der Waals surface area contributed by atoms with Crippen molar-refractivity contribution in [2.45, 2.75) is 6.54 Å². The molecule has 0 aromatic heterocycles. The van der Waals surface area contributed by atoms with E-state index < -0.39 is 5.82 Å². The second-order valence-corrected chi connectivity index (χ2v) is 4.20. The fraction of sp³-hybridized carbons (Fsp3) is 0.133. The molecule has 1 amide bonds. The number of anilines is 1. The molecule has 4 nitrogen and oxygen atoms in total. The molecule has 2 rings (SSSR count). The maximum Gasteiger partial charge on any atom is 0.262 e. The van der Waals surface area contributed by atoms with E-state index in [1.54, 1.807) is 18.2 Å². The number of hydrogen-bond acceptors (Lipinski definition) is 3. The van der Waals surface area contributed by atoms with E-state index in [-0.39, 0.29) is 12.5 Å². The van der Waals surface area contributed by atoms with E-state index in [9.17, 15) is 9.18 Å². The van der Waals surface area contributed by atoms with Crippen molar-refractivity contribution in [3.63, 3.8) is 0 Å². The molecule has 0 spiro atoms. The van der Waals surface area contributed by atoms with Gasteiger partial charge in [-0.25, -0.2) is 4.39 Å². The maximum absolute atomic E-state index is 13.0. The molecule has 104 valence electrons.